The predicted octanol–water partition coefficient (Wildman–Crippen LogP) is 3.34. The van der Waals surface area contributed by atoms with Gasteiger partial charge >= 0.3 is 0 Å². The number of aryl methyl sites for hydroxylation is 2. The molecular formula is C24H33N5O2S. The van der Waals surface area contributed by atoms with Gasteiger partial charge in [-0.2, -0.15) is 0 Å². The molecule has 2 saturated heterocycles. The standard InChI is InChI=1S/C24H33N5O2S/c1-15-6-4-5-9-29(15)19(30)14-27-10-12-28(13-11-27)24(31)21-16(2)20-17(3)25-22(18-7-8-18)26-23(20)32-21/h15,18H,4-14H2,1-3H3. The Hall–Kier alpha value is -2.06. The summed E-state index contributed by atoms with van der Waals surface area (Å²) in [4.78, 5) is 43.5. The van der Waals surface area contributed by atoms with E-state index < -0.39 is 0 Å². The number of likely N-dealkylation sites (tertiary alicyclic amines) is 1. The fourth-order valence-electron chi connectivity index (χ4n) is 5.09. The van der Waals surface area contributed by atoms with Crippen LogP contribution in [-0.2, 0) is 4.79 Å². The fourth-order valence-corrected chi connectivity index (χ4v) is 6.30. The number of amides is 2. The molecule has 0 radical (unpaired) electrons. The van der Waals surface area contributed by atoms with Crippen LogP contribution in [0.1, 0.15) is 71.7 Å². The molecule has 1 unspecified atom stereocenters. The number of hydrogen-bond donors (Lipinski definition) is 0. The topological polar surface area (TPSA) is 69.6 Å². The zero-order valence-corrected chi connectivity index (χ0v) is 20.2. The third kappa shape index (κ3) is 4.15. The van der Waals surface area contributed by atoms with Crippen molar-refractivity contribution in [3.8, 4) is 0 Å². The summed E-state index contributed by atoms with van der Waals surface area (Å²) in [5.74, 6) is 1.77. The maximum Gasteiger partial charge on any atom is 0.264 e. The van der Waals surface area contributed by atoms with E-state index in [1.54, 1.807) is 0 Å². The Balaban J connectivity index is 1.23. The van der Waals surface area contributed by atoms with E-state index in [2.05, 4.69) is 11.8 Å². The van der Waals surface area contributed by atoms with Crippen molar-refractivity contribution in [3.05, 3.63) is 22.0 Å². The molecule has 2 aromatic heterocycles. The van der Waals surface area contributed by atoms with E-state index in [4.69, 9.17) is 9.97 Å². The summed E-state index contributed by atoms with van der Waals surface area (Å²) in [6, 6.07) is 0.349. The molecule has 7 nitrogen and oxygen atoms in total. The van der Waals surface area contributed by atoms with Crippen molar-refractivity contribution in [2.75, 3.05) is 39.3 Å². The van der Waals surface area contributed by atoms with Crippen LogP contribution in [0.15, 0.2) is 0 Å². The number of aromatic nitrogens is 2. The predicted molar refractivity (Wildman–Crippen MR) is 126 cm³/mol. The van der Waals surface area contributed by atoms with E-state index in [0.717, 1.165) is 64.7 Å². The van der Waals surface area contributed by atoms with Crippen molar-refractivity contribution in [3.63, 3.8) is 0 Å². The monoisotopic (exact) mass is 455 g/mol. The number of carbonyl (C=O) groups is 2. The van der Waals surface area contributed by atoms with Crippen molar-refractivity contribution in [1.29, 1.82) is 0 Å². The van der Waals surface area contributed by atoms with Crippen molar-refractivity contribution in [2.24, 2.45) is 0 Å². The van der Waals surface area contributed by atoms with Crippen LogP contribution in [0.4, 0.5) is 0 Å². The summed E-state index contributed by atoms with van der Waals surface area (Å²) >= 11 is 1.51. The molecule has 4 heterocycles. The van der Waals surface area contributed by atoms with Gasteiger partial charge in [0.2, 0.25) is 5.91 Å². The van der Waals surface area contributed by atoms with Gasteiger partial charge in [-0.3, -0.25) is 14.5 Å². The van der Waals surface area contributed by atoms with Gasteiger partial charge in [0, 0.05) is 50.1 Å². The first-order valence-corrected chi connectivity index (χ1v) is 12.8. The summed E-state index contributed by atoms with van der Waals surface area (Å²) in [6.45, 7) is 10.4. The lowest BCUT2D eigenvalue weighted by atomic mass is 10.0. The zero-order chi connectivity index (χ0) is 22.4. The molecule has 32 heavy (non-hydrogen) atoms. The molecule has 1 saturated carbocycles. The van der Waals surface area contributed by atoms with E-state index >= 15 is 0 Å². The SMILES string of the molecule is Cc1nc(C2CC2)nc2sc(C(=O)N3CCN(CC(=O)N4CCCCC4C)CC3)c(C)c12. The van der Waals surface area contributed by atoms with Crippen molar-refractivity contribution in [2.45, 2.75) is 64.8 Å². The van der Waals surface area contributed by atoms with Crippen LogP contribution < -0.4 is 0 Å². The molecule has 3 aliphatic rings. The second kappa shape index (κ2) is 8.71. The second-order valence-corrected chi connectivity index (χ2v) is 10.7. The number of thiophene rings is 1. The van der Waals surface area contributed by atoms with Crippen LogP contribution in [0.2, 0.25) is 0 Å². The summed E-state index contributed by atoms with van der Waals surface area (Å²) < 4.78 is 0. The summed E-state index contributed by atoms with van der Waals surface area (Å²) in [7, 11) is 0. The number of rotatable bonds is 4. The van der Waals surface area contributed by atoms with Crippen molar-refractivity contribution in [1.82, 2.24) is 24.7 Å². The number of piperazine rings is 1. The first kappa shape index (κ1) is 21.8. The molecule has 5 rings (SSSR count). The highest BCUT2D eigenvalue weighted by Crippen LogP contribution is 2.40. The Labute approximate surface area is 193 Å². The van der Waals surface area contributed by atoms with Crippen molar-refractivity contribution < 1.29 is 9.59 Å². The molecule has 2 aromatic rings. The summed E-state index contributed by atoms with van der Waals surface area (Å²) in [5, 5.41) is 1.04. The van der Waals surface area contributed by atoms with Crippen molar-refractivity contribution >= 4 is 33.4 Å². The van der Waals surface area contributed by atoms with Gasteiger partial charge in [0.25, 0.3) is 5.91 Å². The molecule has 0 aromatic carbocycles. The number of carbonyl (C=O) groups excluding carboxylic acids is 2. The van der Waals surface area contributed by atoms with Crippen LogP contribution in [0.3, 0.4) is 0 Å². The fraction of sp³-hybridized carbons (Fsp3) is 0.667. The average Bonchev–Trinajstić information content (AvgIpc) is 3.57. The normalized spacial score (nSPS) is 22.5. The Morgan fingerprint density at radius 1 is 1.00 bits per heavy atom. The zero-order valence-electron chi connectivity index (χ0n) is 19.4. The first-order valence-electron chi connectivity index (χ1n) is 12.0. The Morgan fingerprint density at radius 3 is 2.44 bits per heavy atom. The van der Waals surface area contributed by atoms with E-state index in [-0.39, 0.29) is 11.8 Å². The molecule has 2 amide bonds. The largest absolute Gasteiger partial charge is 0.339 e. The van der Waals surface area contributed by atoms with Gasteiger partial charge in [0.15, 0.2) is 0 Å². The minimum Gasteiger partial charge on any atom is -0.339 e. The lowest BCUT2D eigenvalue weighted by molar-refractivity contribution is -0.136. The maximum atomic E-state index is 13.3. The lowest BCUT2D eigenvalue weighted by Gasteiger charge is -2.38. The van der Waals surface area contributed by atoms with E-state index in [1.807, 2.05) is 23.6 Å². The number of piperidine rings is 1. The number of fused-ring (bicyclic) bond motifs is 1. The summed E-state index contributed by atoms with van der Waals surface area (Å²) in [6.07, 6.45) is 5.78. The quantitative estimate of drug-likeness (QED) is 0.707. The van der Waals surface area contributed by atoms with Gasteiger partial charge in [-0.1, -0.05) is 0 Å². The van der Waals surface area contributed by atoms with Crippen LogP contribution in [0, 0.1) is 13.8 Å². The smallest absolute Gasteiger partial charge is 0.264 e. The highest BCUT2D eigenvalue weighted by Gasteiger charge is 2.31. The third-order valence-electron chi connectivity index (χ3n) is 7.27. The lowest BCUT2D eigenvalue weighted by Crippen LogP contribution is -2.53. The molecule has 172 valence electrons. The minimum atomic E-state index is 0.0912. The van der Waals surface area contributed by atoms with Gasteiger partial charge in [-0.05, 0) is 58.4 Å². The Morgan fingerprint density at radius 2 is 1.75 bits per heavy atom. The second-order valence-electron chi connectivity index (χ2n) is 9.68. The third-order valence-corrected chi connectivity index (χ3v) is 8.44. The Kier molecular flexibility index (Phi) is 5.92. The van der Waals surface area contributed by atoms with E-state index in [9.17, 15) is 9.59 Å². The molecule has 0 N–H and O–H groups in total. The van der Waals surface area contributed by atoms with Gasteiger partial charge in [0.05, 0.1) is 17.1 Å². The molecule has 1 aliphatic carbocycles. The molecule has 2 aliphatic heterocycles. The molecule has 0 spiro atoms. The van der Waals surface area contributed by atoms with Crippen LogP contribution in [0.5, 0.6) is 0 Å². The minimum absolute atomic E-state index is 0.0912. The number of nitrogens with zero attached hydrogens (tertiary/aromatic N) is 5. The van der Waals surface area contributed by atoms with Crippen LogP contribution in [0.25, 0.3) is 10.2 Å². The van der Waals surface area contributed by atoms with E-state index in [1.165, 1.54) is 30.6 Å². The Bertz CT molecular complexity index is 1040. The first-order chi connectivity index (χ1) is 15.4. The van der Waals surface area contributed by atoms with Gasteiger partial charge in [0.1, 0.15) is 10.7 Å². The molecular weight excluding hydrogens is 422 g/mol. The van der Waals surface area contributed by atoms with Gasteiger partial charge < -0.3 is 9.80 Å². The van der Waals surface area contributed by atoms with Gasteiger partial charge in [-0.15, -0.1) is 11.3 Å². The molecule has 3 fully saturated rings. The average molecular weight is 456 g/mol. The molecule has 0 bridgehead atoms. The highest BCUT2D eigenvalue weighted by molar-refractivity contribution is 7.20. The van der Waals surface area contributed by atoms with Gasteiger partial charge in [-0.25, -0.2) is 9.97 Å². The highest BCUT2D eigenvalue weighted by atomic mass is 32.1. The molecule has 1 atom stereocenters. The number of hydrogen-bond acceptors (Lipinski definition) is 6. The summed E-state index contributed by atoms with van der Waals surface area (Å²) in [5.41, 5.74) is 1.99. The van der Waals surface area contributed by atoms with E-state index in [0.29, 0.717) is 31.6 Å². The molecule has 8 heteroatoms. The van der Waals surface area contributed by atoms with Crippen LogP contribution in [-0.4, -0.2) is 81.8 Å². The maximum absolute atomic E-state index is 13.3. The van der Waals surface area contributed by atoms with Crippen LogP contribution >= 0.6 is 11.3 Å².